The van der Waals surface area contributed by atoms with Crippen molar-refractivity contribution in [2.24, 2.45) is 5.73 Å². The summed E-state index contributed by atoms with van der Waals surface area (Å²) in [6.07, 6.45) is 7.76. The van der Waals surface area contributed by atoms with Crippen LogP contribution < -0.4 is 5.73 Å². The lowest BCUT2D eigenvalue weighted by Crippen LogP contribution is -2.37. The van der Waals surface area contributed by atoms with Gasteiger partial charge in [-0.25, -0.2) is 0 Å². The highest BCUT2D eigenvalue weighted by Crippen LogP contribution is 2.38. The van der Waals surface area contributed by atoms with Gasteiger partial charge in [-0.2, -0.15) is 0 Å². The molecule has 1 saturated carbocycles. The van der Waals surface area contributed by atoms with Crippen LogP contribution in [0, 0.1) is 0 Å². The van der Waals surface area contributed by atoms with Crippen LogP contribution in [0.25, 0.3) is 0 Å². The van der Waals surface area contributed by atoms with Gasteiger partial charge in [0.25, 0.3) is 0 Å². The SMILES string of the molecule is COC(C)Cc1ccc(C2(CN)CCCCC2)cc1. The molecule has 0 aromatic heterocycles. The van der Waals surface area contributed by atoms with Crippen molar-refractivity contribution in [2.75, 3.05) is 13.7 Å². The van der Waals surface area contributed by atoms with E-state index in [1.807, 2.05) is 0 Å². The summed E-state index contributed by atoms with van der Waals surface area (Å²) < 4.78 is 5.32. The molecule has 0 aliphatic heterocycles. The molecule has 1 fully saturated rings. The molecule has 1 aromatic rings. The highest BCUT2D eigenvalue weighted by Gasteiger charge is 2.32. The number of benzene rings is 1. The summed E-state index contributed by atoms with van der Waals surface area (Å²) in [5.74, 6) is 0. The van der Waals surface area contributed by atoms with Crippen LogP contribution in [-0.2, 0) is 16.6 Å². The Morgan fingerprint density at radius 1 is 1.16 bits per heavy atom. The molecule has 0 saturated heterocycles. The van der Waals surface area contributed by atoms with Crippen molar-refractivity contribution in [3.8, 4) is 0 Å². The van der Waals surface area contributed by atoms with E-state index in [4.69, 9.17) is 10.5 Å². The number of nitrogens with two attached hydrogens (primary N) is 1. The number of hydrogen-bond acceptors (Lipinski definition) is 2. The molecule has 0 spiro atoms. The quantitative estimate of drug-likeness (QED) is 0.881. The van der Waals surface area contributed by atoms with Gasteiger partial charge in [-0.1, -0.05) is 43.5 Å². The molecule has 1 atom stereocenters. The lowest BCUT2D eigenvalue weighted by molar-refractivity contribution is 0.119. The molecular weight excluding hydrogens is 234 g/mol. The van der Waals surface area contributed by atoms with Gasteiger partial charge in [0.1, 0.15) is 0 Å². The summed E-state index contributed by atoms with van der Waals surface area (Å²) in [6, 6.07) is 9.07. The first-order valence-electron chi connectivity index (χ1n) is 7.52. The zero-order chi connectivity index (χ0) is 13.7. The maximum atomic E-state index is 6.09. The summed E-state index contributed by atoms with van der Waals surface area (Å²) in [4.78, 5) is 0. The fourth-order valence-electron chi connectivity index (χ4n) is 3.25. The Balaban J connectivity index is 2.12. The average molecular weight is 261 g/mol. The fraction of sp³-hybridized carbons (Fsp3) is 0.647. The Bertz CT molecular complexity index is 379. The number of ether oxygens (including phenoxy) is 1. The van der Waals surface area contributed by atoms with Gasteiger partial charge in [0, 0.05) is 19.1 Å². The monoisotopic (exact) mass is 261 g/mol. The minimum absolute atomic E-state index is 0.240. The van der Waals surface area contributed by atoms with Crippen molar-refractivity contribution in [3.05, 3.63) is 35.4 Å². The highest BCUT2D eigenvalue weighted by atomic mass is 16.5. The van der Waals surface area contributed by atoms with E-state index in [0.29, 0.717) is 0 Å². The van der Waals surface area contributed by atoms with Gasteiger partial charge in [0.05, 0.1) is 6.10 Å². The summed E-state index contributed by atoms with van der Waals surface area (Å²) in [7, 11) is 1.77. The minimum Gasteiger partial charge on any atom is -0.381 e. The number of methoxy groups -OCH3 is 1. The van der Waals surface area contributed by atoms with Crippen LogP contribution in [0.1, 0.15) is 50.2 Å². The molecule has 0 radical (unpaired) electrons. The van der Waals surface area contributed by atoms with E-state index in [0.717, 1.165) is 13.0 Å². The third-order valence-corrected chi connectivity index (χ3v) is 4.69. The van der Waals surface area contributed by atoms with E-state index in [1.54, 1.807) is 7.11 Å². The predicted molar refractivity (Wildman–Crippen MR) is 80.4 cm³/mol. The summed E-state index contributed by atoms with van der Waals surface area (Å²) in [5, 5.41) is 0. The molecule has 0 bridgehead atoms. The Labute approximate surface area is 117 Å². The zero-order valence-corrected chi connectivity index (χ0v) is 12.3. The smallest absolute Gasteiger partial charge is 0.0583 e. The van der Waals surface area contributed by atoms with Gasteiger partial charge in [0.2, 0.25) is 0 Å². The molecule has 106 valence electrons. The second kappa shape index (κ2) is 6.53. The van der Waals surface area contributed by atoms with Crippen molar-refractivity contribution in [3.63, 3.8) is 0 Å². The predicted octanol–water partition coefficient (Wildman–Crippen LogP) is 3.42. The standard InChI is InChI=1S/C17H27NO/c1-14(19-2)12-15-6-8-16(9-7-15)17(13-18)10-4-3-5-11-17/h6-9,14H,3-5,10-13,18H2,1-2H3. The molecule has 1 aliphatic rings. The van der Waals surface area contributed by atoms with Gasteiger partial charge in [0.15, 0.2) is 0 Å². The average Bonchev–Trinajstić information content (AvgIpc) is 2.48. The van der Waals surface area contributed by atoms with Crippen LogP contribution in [-0.4, -0.2) is 19.8 Å². The Hall–Kier alpha value is -0.860. The maximum Gasteiger partial charge on any atom is 0.0583 e. The van der Waals surface area contributed by atoms with Crippen molar-refractivity contribution in [1.82, 2.24) is 0 Å². The molecule has 19 heavy (non-hydrogen) atoms. The van der Waals surface area contributed by atoms with Gasteiger partial charge >= 0.3 is 0 Å². The van der Waals surface area contributed by atoms with Gasteiger partial charge < -0.3 is 10.5 Å². The van der Waals surface area contributed by atoms with Crippen LogP contribution in [0.15, 0.2) is 24.3 Å². The molecule has 2 N–H and O–H groups in total. The molecule has 1 unspecified atom stereocenters. The van der Waals surface area contributed by atoms with Crippen molar-refractivity contribution in [1.29, 1.82) is 0 Å². The highest BCUT2D eigenvalue weighted by molar-refractivity contribution is 5.30. The summed E-state index contributed by atoms with van der Waals surface area (Å²) >= 11 is 0. The third-order valence-electron chi connectivity index (χ3n) is 4.69. The minimum atomic E-state index is 0.240. The second-order valence-corrected chi connectivity index (χ2v) is 5.99. The first kappa shape index (κ1) is 14.5. The summed E-state index contributed by atoms with van der Waals surface area (Å²) in [6.45, 7) is 2.89. The Morgan fingerprint density at radius 2 is 1.79 bits per heavy atom. The molecule has 0 heterocycles. The lowest BCUT2D eigenvalue weighted by atomic mass is 9.69. The van der Waals surface area contributed by atoms with Crippen LogP contribution in [0.2, 0.25) is 0 Å². The fourth-order valence-corrected chi connectivity index (χ4v) is 3.25. The van der Waals surface area contributed by atoms with Crippen LogP contribution in [0.4, 0.5) is 0 Å². The largest absolute Gasteiger partial charge is 0.381 e. The topological polar surface area (TPSA) is 35.2 Å². The Kier molecular flexibility index (Phi) is 5.00. The molecule has 2 rings (SSSR count). The van der Waals surface area contributed by atoms with E-state index in [2.05, 4.69) is 31.2 Å². The molecule has 2 nitrogen and oxygen atoms in total. The lowest BCUT2D eigenvalue weighted by Gasteiger charge is -2.37. The first-order valence-corrected chi connectivity index (χ1v) is 7.52. The van der Waals surface area contributed by atoms with Crippen LogP contribution >= 0.6 is 0 Å². The van der Waals surface area contributed by atoms with Crippen molar-refractivity contribution < 1.29 is 4.74 Å². The zero-order valence-electron chi connectivity index (χ0n) is 12.3. The molecule has 0 amide bonds. The number of rotatable bonds is 5. The van der Waals surface area contributed by atoms with Crippen molar-refractivity contribution >= 4 is 0 Å². The van der Waals surface area contributed by atoms with E-state index < -0.39 is 0 Å². The molecule has 1 aromatic carbocycles. The second-order valence-electron chi connectivity index (χ2n) is 5.99. The van der Waals surface area contributed by atoms with E-state index in [1.165, 1.54) is 43.2 Å². The molecule has 2 heteroatoms. The van der Waals surface area contributed by atoms with Crippen LogP contribution in [0.3, 0.4) is 0 Å². The number of hydrogen-bond donors (Lipinski definition) is 1. The normalized spacial score (nSPS) is 20.2. The molecule has 1 aliphatic carbocycles. The van der Waals surface area contributed by atoms with E-state index in [9.17, 15) is 0 Å². The summed E-state index contributed by atoms with van der Waals surface area (Å²) in [5.41, 5.74) is 9.11. The first-order chi connectivity index (χ1) is 9.20. The van der Waals surface area contributed by atoms with Crippen LogP contribution in [0.5, 0.6) is 0 Å². The van der Waals surface area contributed by atoms with E-state index in [-0.39, 0.29) is 11.5 Å². The van der Waals surface area contributed by atoms with E-state index >= 15 is 0 Å². The van der Waals surface area contributed by atoms with Crippen molar-refractivity contribution in [2.45, 2.75) is 57.0 Å². The maximum absolute atomic E-state index is 6.09. The molecular formula is C17H27NO. The third kappa shape index (κ3) is 3.37. The van der Waals surface area contributed by atoms with Gasteiger partial charge in [-0.05, 0) is 37.3 Å². The van der Waals surface area contributed by atoms with Gasteiger partial charge in [-0.3, -0.25) is 0 Å². The Morgan fingerprint density at radius 3 is 2.32 bits per heavy atom. The van der Waals surface area contributed by atoms with Gasteiger partial charge in [-0.15, -0.1) is 0 Å².